The van der Waals surface area contributed by atoms with E-state index < -0.39 is 24.8 Å². The molecule has 18 heavy (non-hydrogen) atoms. The van der Waals surface area contributed by atoms with E-state index in [1.165, 1.54) is 0 Å². The molecule has 0 radical (unpaired) electrons. The Morgan fingerprint density at radius 1 is 1.33 bits per heavy atom. The normalized spacial score (nSPS) is 13.4. The minimum Gasteiger partial charge on any atom is -0.465 e. The van der Waals surface area contributed by atoms with Gasteiger partial charge < -0.3 is 14.8 Å². The maximum Gasteiger partial charge on any atom is 0.411 e. The molecule has 0 fully saturated rings. The van der Waals surface area contributed by atoms with Crippen molar-refractivity contribution < 1.29 is 27.4 Å². The van der Waals surface area contributed by atoms with E-state index in [9.17, 15) is 18.0 Å². The number of alkyl halides is 3. The molecule has 0 saturated heterocycles. The lowest BCUT2D eigenvalue weighted by Gasteiger charge is -2.17. The van der Waals surface area contributed by atoms with Crippen LogP contribution >= 0.6 is 0 Å². The highest BCUT2D eigenvalue weighted by molar-refractivity contribution is 5.75. The van der Waals surface area contributed by atoms with Crippen LogP contribution in [-0.2, 0) is 14.3 Å². The lowest BCUT2D eigenvalue weighted by atomic mass is 10.2. The summed E-state index contributed by atoms with van der Waals surface area (Å²) in [4.78, 5) is 11.5. The van der Waals surface area contributed by atoms with Crippen LogP contribution in [0, 0.1) is 0 Å². The zero-order valence-corrected chi connectivity index (χ0v) is 10.7. The van der Waals surface area contributed by atoms with Gasteiger partial charge in [0.1, 0.15) is 12.6 Å². The summed E-state index contributed by atoms with van der Waals surface area (Å²) in [6, 6.07) is -0.613. The van der Waals surface area contributed by atoms with Crippen LogP contribution in [0.15, 0.2) is 0 Å². The SMILES string of the molecule is CCCNC(CCOCC(F)(F)F)C(=O)OCC. The van der Waals surface area contributed by atoms with Gasteiger partial charge in [0.25, 0.3) is 0 Å². The van der Waals surface area contributed by atoms with Crippen LogP contribution in [0.1, 0.15) is 26.7 Å². The van der Waals surface area contributed by atoms with Crippen molar-refractivity contribution in [2.24, 2.45) is 0 Å². The number of carbonyl (C=O) groups excluding carboxylic acids is 1. The minimum atomic E-state index is -4.34. The molecule has 0 saturated carbocycles. The van der Waals surface area contributed by atoms with Crippen LogP contribution in [-0.4, -0.2) is 44.6 Å². The Labute approximate surface area is 105 Å². The van der Waals surface area contributed by atoms with Gasteiger partial charge in [0.15, 0.2) is 0 Å². The molecule has 0 aliphatic carbocycles. The molecule has 1 unspecified atom stereocenters. The Hall–Kier alpha value is -0.820. The fourth-order valence-corrected chi connectivity index (χ4v) is 1.25. The van der Waals surface area contributed by atoms with Crippen molar-refractivity contribution in [2.45, 2.75) is 38.9 Å². The van der Waals surface area contributed by atoms with Gasteiger partial charge in [-0.1, -0.05) is 6.92 Å². The molecule has 0 amide bonds. The van der Waals surface area contributed by atoms with E-state index >= 15 is 0 Å². The molecule has 0 aromatic rings. The lowest BCUT2D eigenvalue weighted by Crippen LogP contribution is -2.39. The zero-order chi connectivity index (χ0) is 14.0. The average Bonchev–Trinajstić information content (AvgIpc) is 2.27. The molecular weight excluding hydrogens is 251 g/mol. The molecular formula is C11H20F3NO3. The Bertz CT molecular complexity index is 234. The first-order chi connectivity index (χ1) is 8.40. The molecule has 7 heteroatoms. The summed E-state index contributed by atoms with van der Waals surface area (Å²) in [5, 5.41) is 2.92. The van der Waals surface area contributed by atoms with Crippen molar-refractivity contribution in [3.8, 4) is 0 Å². The topological polar surface area (TPSA) is 47.6 Å². The Morgan fingerprint density at radius 3 is 2.50 bits per heavy atom. The molecule has 0 heterocycles. The third-order valence-corrected chi connectivity index (χ3v) is 2.03. The largest absolute Gasteiger partial charge is 0.465 e. The number of rotatable bonds is 9. The summed E-state index contributed by atoms with van der Waals surface area (Å²) in [6.07, 6.45) is -3.36. The van der Waals surface area contributed by atoms with E-state index in [-0.39, 0.29) is 19.6 Å². The first-order valence-electron chi connectivity index (χ1n) is 5.95. The second kappa shape index (κ2) is 9.16. The average molecular weight is 271 g/mol. The standard InChI is InChI=1S/C11H20F3NO3/c1-3-6-15-9(10(16)18-4-2)5-7-17-8-11(12,13)14/h9,15H,3-8H2,1-2H3. The highest BCUT2D eigenvalue weighted by Crippen LogP contribution is 2.14. The van der Waals surface area contributed by atoms with Crippen molar-refractivity contribution in [1.29, 1.82) is 0 Å². The van der Waals surface area contributed by atoms with Gasteiger partial charge in [0.2, 0.25) is 0 Å². The van der Waals surface area contributed by atoms with E-state index in [0.29, 0.717) is 6.54 Å². The molecule has 1 N–H and O–H groups in total. The lowest BCUT2D eigenvalue weighted by molar-refractivity contribution is -0.174. The van der Waals surface area contributed by atoms with Crippen LogP contribution in [0.3, 0.4) is 0 Å². The van der Waals surface area contributed by atoms with Gasteiger partial charge in [-0.25, -0.2) is 0 Å². The second-order valence-corrected chi connectivity index (χ2v) is 3.72. The van der Waals surface area contributed by atoms with Crippen molar-refractivity contribution in [3.05, 3.63) is 0 Å². The number of esters is 1. The van der Waals surface area contributed by atoms with E-state index in [4.69, 9.17) is 4.74 Å². The van der Waals surface area contributed by atoms with Gasteiger partial charge in [-0.2, -0.15) is 13.2 Å². The molecule has 0 bridgehead atoms. The highest BCUT2D eigenvalue weighted by Gasteiger charge is 2.27. The number of nitrogens with one attached hydrogen (secondary N) is 1. The summed E-state index contributed by atoms with van der Waals surface area (Å²) in [5.74, 6) is -0.457. The van der Waals surface area contributed by atoms with Crippen molar-refractivity contribution in [2.75, 3.05) is 26.4 Å². The van der Waals surface area contributed by atoms with Gasteiger partial charge in [-0.15, -0.1) is 0 Å². The second-order valence-electron chi connectivity index (χ2n) is 3.72. The summed E-state index contributed by atoms with van der Waals surface area (Å²) < 4.78 is 44.8. The maximum atomic E-state index is 11.8. The number of ether oxygens (including phenoxy) is 2. The van der Waals surface area contributed by atoms with Crippen LogP contribution < -0.4 is 5.32 Å². The van der Waals surface area contributed by atoms with Crippen molar-refractivity contribution in [3.63, 3.8) is 0 Å². The Morgan fingerprint density at radius 2 is 2.00 bits per heavy atom. The predicted molar refractivity (Wildman–Crippen MR) is 60.2 cm³/mol. The van der Waals surface area contributed by atoms with Gasteiger partial charge in [-0.3, -0.25) is 4.79 Å². The van der Waals surface area contributed by atoms with E-state index in [0.717, 1.165) is 6.42 Å². The summed E-state index contributed by atoms with van der Waals surface area (Å²) >= 11 is 0. The molecule has 1 atom stereocenters. The molecule has 0 aliphatic heterocycles. The summed E-state index contributed by atoms with van der Waals surface area (Å²) in [5.41, 5.74) is 0. The molecule has 0 aromatic carbocycles. The molecule has 4 nitrogen and oxygen atoms in total. The molecule has 0 rings (SSSR count). The van der Waals surface area contributed by atoms with Crippen molar-refractivity contribution >= 4 is 5.97 Å². The monoisotopic (exact) mass is 271 g/mol. The minimum absolute atomic E-state index is 0.139. The maximum absolute atomic E-state index is 11.8. The number of halogens is 3. The smallest absolute Gasteiger partial charge is 0.411 e. The third-order valence-electron chi connectivity index (χ3n) is 2.03. The van der Waals surface area contributed by atoms with Gasteiger partial charge in [0, 0.05) is 6.61 Å². The zero-order valence-electron chi connectivity index (χ0n) is 10.7. The van der Waals surface area contributed by atoms with Gasteiger partial charge in [0.05, 0.1) is 6.61 Å². The molecule has 0 spiro atoms. The van der Waals surface area contributed by atoms with Crippen LogP contribution in [0.2, 0.25) is 0 Å². The summed E-state index contributed by atoms with van der Waals surface area (Å²) in [6.45, 7) is 3.01. The van der Waals surface area contributed by atoms with Crippen LogP contribution in [0.5, 0.6) is 0 Å². The van der Waals surface area contributed by atoms with Gasteiger partial charge >= 0.3 is 12.1 Å². The van der Waals surface area contributed by atoms with Gasteiger partial charge in [-0.05, 0) is 26.3 Å². The number of carbonyl (C=O) groups is 1. The Kier molecular flexibility index (Phi) is 8.74. The van der Waals surface area contributed by atoms with Crippen LogP contribution in [0.4, 0.5) is 13.2 Å². The first kappa shape index (κ1) is 17.2. The number of hydrogen-bond acceptors (Lipinski definition) is 4. The van der Waals surface area contributed by atoms with E-state index in [1.807, 2.05) is 6.92 Å². The first-order valence-corrected chi connectivity index (χ1v) is 5.95. The quantitative estimate of drug-likeness (QED) is 0.514. The predicted octanol–water partition coefficient (Wildman–Crippen LogP) is 1.89. The fourth-order valence-electron chi connectivity index (χ4n) is 1.25. The van der Waals surface area contributed by atoms with Crippen molar-refractivity contribution in [1.82, 2.24) is 5.32 Å². The molecule has 108 valence electrons. The number of hydrogen-bond donors (Lipinski definition) is 1. The highest BCUT2D eigenvalue weighted by atomic mass is 19.4. The van der Waals surface area contributed by atoms with E-state index in [1.54, 1.807) is 6.92 Å². The summed E-state index contributed by atoms with van der Waals surface area (Å²) in [7, 11) is 0. The van der Waals surface area contributed by atoms with E-state index in [2.05, 4.69) is 10.1 Å². The third kappa shape index (κ3) is 9.23. The molecule has 0 aliphatic rings. The Balaban J connectivity index is 3.96. The fraction of sp³-hybridized carbons (Fsp3) is 0.909. The molecule has 0 aromatic heterocycles. The van der Waals surface area contributed by atoms with Crippen LogP contribution in [0.25, 0.3) is 0 Å².